The molecule has 0 unspecified atom stereocenters. The highest BCUT2D eigenvalue weighted by atomic mass is 32.2. The maximum absolute atomic E-state index is 13.6. The summed E-state index contributed by atoms with van der Waals surface area (Å²) >= 11 is 1.60. The molecule has 0 aromatic heterocycles. The maximum Gasteiger partial charge on any atom is 0.244 e. The van der Waals surface area contributed by atoms with Crippen LogP contribution in [0.5, 0.6) is 11.5 Å². The standard InChI is InChI=1S/C20H25NO4S2/c1-13-11-14(2)19(15(3)12-13)27(22,23)21-9-10-26-20(21)16-7-6-8-17(24-4)18(16)25-5/h6-8,11-12,20H,9-10H2,1-5H3/t20-/m1/s1. The summed E-state index contributed by atoms with van der Waals surface area (Å²) in [5.41, 5.74) is 3.43. The smallest absolute Gasteiger partial charge is 0.244 e. The summed E-state index contributed by atoms with van der Waals surface area (Å²) < 4.78 is 39.7. The van der Waals surface area contributed by atoms with Gasteiger partial charge in [-0.1, -0.05) is 29.8 Å². The number of para-hydroxylation sites is 1. The lowest BCUT2D eigenvalue weighted by atomic mass is 10.1. The lowest BCUT2D eigenvalue weighted by molar-refractivity contribution is 0.345. The van der Waals surface area contributed by atoms with Crippen LogP contribution in [0.1, 0.15) is 27.6 Å². The Balaban J connectivity index is 2.10. The molecule has 7 heteroatoms. The van der Waals surface area contributed by atoms with Gasteiger partial charge in [-0.15, -0.1) is 11.8 Å². The van der Waals surface area contributed by atoms with Crippen molar-refractivity contribution in [1.29, 1.82) is 0 Å². The third-order valence-electron chi connectivity index (χ3n) is 4.72. The van der Waals surface area contributed by atoms with E-state index in [0.29, 0.717) is 22.9 Å². The molecule has 0 amide bonds. The number of hydrogen-bond donors (Lipinski definition) is 0. The zero-order chi connectivity index (χ0) is 19.8. The maximum atomic E-state index is 13.6. The molecular formula is C20H25NO4S2. The summed E-state index contributed by atoms with van der Waals surface area (Å²) in [4.78, 5) is 0.405. The van der Waals surface area contributed by atoms with Crippen molar-refractivity contribution >= 4 is 21.8 Å². The minimum atomic E-state index is -3.64. The summed E-state index contributed by atoms with van der Waals surface area (Å²) in [6.07, 6.45) is 0. The van der Waals surface area contributed by atoms with E-state index in [1.807, 2.05) is 51.1 Å². The van der Waals surface area contributed by atoms with Crippen molar-refractivity contribution in [3.63, 3.8) is 0 Å². The molecule has 5 nitrogen and oxygen atoms in total. The summed E-state index contributed by atoms with van der Waals surface area (Å²) in [7, 11) is -0.485. The van der Waals surface area contributed by atoms with Gasteiger partial charge in [0.25, 0.3) is 0 Å². The number of hydrogen-bond acceptors (Lipinski definition) is 5. The second-order valence-electron chi connectivity index (χ2n) is 6.65. The number of sulfonamides is 1. The average Bonchev–Trinajstić information content (AvgIpc) is 3.10. The highest BCUT2D eigenvalue weighted by Gasteiger charge is 2.39. The molecule has 1 fully saturated rings. The Morgan fingerprint density at radius 1 is 1.07 bits per heavy atom. The van der Waals surface area contributed by atoms with Gasteiger partial charge in [-0.3, -0.25) is 0 Å². The Bertz CT molecular complexity index is 933. The SMILES string of the molecule is COc1cccc([C@H]2SCCN2S(=O)(=O)c2c(C)cc(C)cc2C)c1OC. The zero-order valence-electron chi connectivity index (χ0n) is 16.3. The Hall–Kier alpha value is -1.70. The molecule has 2 aromatic carbocycles. The minimum Gasteiger partial charge on any atom is -0.493 e. The Labute approximate surface area is 165 Å². The van der Waals surface area contributed by atoms with Gasteiger partial charge in [0.05, 0.1) is 24.5 Å². The van der Waals surface area contributed by atoms with E-state index < -0.39 is 10.0 Å². The van der Waals surface area contributed by atoms with Gasteiger partial charge >= 0.3 is 0 Å². The molecule has 2 aromatic rings. The van der Waals surface area contributed by atoms with E-state index in [0.717, 1.165) is 28.0 Å². The predicted molar refractivity (Wildman–Crippen MR) is 109 cm³/mol. The largest absolute Gasteiger partial charge is 0.493 e. The van der Waals surface area contributed by atoms with Crippen LogP contribution in [0, 0.1) is 20.8 Å². The minimum absolute atomic E-state index is 0.347. The van der Waals surface area contributed by atoms with E-state index in [1.54, 1.807) is 30.3 Å². The van der Waals surface area contributed by atoms with Crippen molar-refractivity contribution in [2.75, 3.05) is 26.5 Å². The van der Waals surface area contributed by atoms with Gasteiger partial charge in [0.15, 0.2) is 11.5 Å². The number of methoxy groups -OCH3 is 2. The van der Waals surface area contributed by atoms with E-state index in [9.17, 15) is 8.42 Å². The Morgan fingerprint density at radius 3 is 2.33 bits per heavy atom. The van der Waals surface area contributed by atoms with Crippen molar-refractivity contribution in [3.8, 4) is 11.5 Å². The molecule has 0 saturated carbocycles. The number of rotatable bonds is 5. The molecule has 0 bridgehead atoms. The van der Waals surface area contributed by atoms with Gasteiger partial charge in [-0.05, 0) is 38.0 Å². The lowest BCUT2D eigenvalue weighted by Crippen LogP contribution is -2.31. The molecule has 1 heterocycles. The van der Waals surface area contributed by atoms with Crippen LogP contribution in [0.4, 0.5) is 0 Å². The van der Waals surface area contributed by atoms with Gasteiger partial charge in [0, 0.05) is 17.9 Å². The molecular weight excluding hydrogens is 382 g/mol. The van der Waals surface area contributed by atoms with Crippen molar-refractivity contribution in [1.82, 2.24) is 4.31 Å². The monoisotopic (exact) mass is 407 g/mol. The van der Waals surface area contributed by atoms with E-state index in [-0.39, 0.29) is 5.37 Å². The van der Waals surface area contributed by atoms with E-state index in [4.69, 9.17) is 9.47 Å². The Kier molecular flexibility index (Phi) is 5.74. The van der Waals surface area contributed by atoms with Crippen LogP contribution in [0.3, 0.4) is 0 Å². The summed E-state index contributed by atoms with van der Waals surface area (Å²) in [5.74, 6) is 1.91. The third-order valence-corrected chi connectivity index (χ3v) is 8.27. The number of aryl methyl sites for hydroxylation is 3. The zero-order valence-corrected chi connectivity index (χ0v) is 17.9. The van der Waals surface area contributed by atoms with Crippen molar-refractivity contribution in [2.45, 2.75) is 31.0 Å². The first-order valence-corrected chi connectivity index (χ1v) is 11.2. The van der Waals surface area contributed by atoms with Crippen LogP contribution in [-0.2, 0) is 10.0 Å². The molecule has 1 saturated heterocycles. The summed E-state index contributed by atoms with van der Waals surface area (Å²) in [6.45, 7) is 6.16. The molecule has 0 radical (unpaired) electrons. The molecule has 1 aliphatic rings. The molecule has 1 atom stereocenters. The van der Waals surface area contributed by atoms with Gasteiger partial charge in [0.2, 0.25) is 10.0 Å². The first-order valence-electron chi connectivity index (χ1n) is 8.73. The molecule has 146 valence electrons. The van der Waals surface area contributed by atoms with Gasteiger partial charge in [0.1, 0.15) is 0 Å². The number of thioether (sulfide) groups is 1. The highest BCUT2D eigenvalue weighted by molar-refractivity contribution is 8.01. The van der Waals surface area contributed by atoms with Crippen molar-refractivity contribution < 1.29 is 17.9 Å². The molecule has 0 N–H and O–H groups in total. The highest BCUT2D eigenvalue weighted by Crippen LogP contribution is 2.47. The van der Waals surface area contributed by atoms with Crippen LogP contribution < -0.4 is 9.47 Å². The lowest BCUT2D eigenvalue weighted by Gasteiger charge is -2.27. The molecule has 0 spiro atoms. The van der Waals surface area contributed by atoms with Crippen LogP contribution in [0.25, 0.3) is 0 Å². The molecule has 3 rings (SSSR count). The van der Waals surface area contributed by atoms with Crippen molar-refractivity contribution in [3.05, 3.63) is 52.6 Å². The second-order valence-corrected chi connectivity index (χ2v) is 9.66. The number of benzene rings is 2. The quantitative estimate of drug-likeness (QED) is 0.748. The van der Waals surface area contributed by atoms with Crippen molar-refractivity contribution in [2.24, 2.45) is 0 Å². The summed E-state index contributed by atoms with van der Waals surface area (Å²) in [6, 6.07) is 9.42. The first kappa shape index (κ1) is 20.0. The van der Waals surface area contributed by atoms with Gasteiger partial charge in [-0.2, -0.15) is 4.31 Å². The normalized spacial score (nSPS) is 17.9. The van der Waals surface area contributed by atoms with Crippen LogP contribution in [0.2, 0.25) is 0 Å². The topological polar surface area (TPSA) is 55.8 Å². The van der Waals surface area contributed by atoms with E-state index in [2.05, 4.69) is 0 Å². The number of nitrogens with zero attached hydrogens (tertiary/aromatic N) is 1. The van der Waals surface area contributed by atoms with E-state index in [1.165, 1.54) is 0 Å². The molecule has 1 aliphatic heterocycles. The van der Waals surface area contributed by atoms with Crippen LogP contribution in [-0.4, -0.2) is 39.2 Å². The Morgan fingerprint density at radius 2 is 1.74 bits per heavy atom. The predicted octanol–water partition coefficient (Wildman–Crippen LogP) is 4.07. The summed E-state index contributed by atoms with van der Waals surface area (Å²) in [5, 5.41) is -0.347. The van der Waals surface area contributed by atoms with E-state index >= 15 is 0 Å². The molecule has 27 heavy (non-hydrogen) atoms. The first-order chi connectivity index (χ1) is 12.8. The van der Waals surface area contributed by atoms with Crippen LogP contribution in [0.15, 0.2) is 35.2 Å². The molecule has 0 aliphatic carbocycles. The second kappa shape index (κ2) is 7.73. The fourth-order valence-corrected chi connectivity index (χ4v) is 7.41. The van der Waals surface area contributed by atoms with Crippen LogP contribution >= 0.6 is 11.8 Å². The number of ether oxygens (including phenoxy) is 2. The van der Waals surface area contributed by atoms with Gasteiger partial charge < -0.3 is 9.47 Å². The average molecular weight is 408 g/mol. The fourth-order valence-electron chi connectivity index (χ4n) is 3.74. The van der Waals surface area contributed by atoms with Gasteiger partial charge in [-0.25, -0.2) is 8.42 Å². The third kappa shape index (κ3) is 3.56. The fraction of sp³-hybridized carbons (Fsp3) is 0.400.